The molecule has 0 saturated heterocycles. The quantitative estimate of drug-likeness (QED) is 0.451. The van der Waals surface area contributed by atoms with Crippen molar-refractivity contribution in [3.05, 3.63) is 63.1 Å². The highest BCUT2D eigenvalue weighted by Crippen LogP contribution is 2.33. The van der Waals surface area contributed by atoms with Crippen LogP contribution in [0.25, 0.3) is 0 Å². The zero-order chi connectivity index (χ0) is 20.8. The lowest BCUT2D eigenvalue weighted by Crippen LogP contribution is -2.25. The van der Waals surface area contributed by atoms with E-state index in [1.165, 1.54) is 35.9 Å². The van der Waals surface area contributed by atoms with Crippen molar-refractivity contribution in [3.63, 3.8) is 0 Å². The third-order valence-electron chi connectivity index (χ3n) is 5.32. The Labute approximate surface area is 190 Å². The number of rotatable bonds is 8. The molecule has 1 aliphatic rings. The summed E-state index contributed by atoms with van der Waals surface area (Å²) in [5.74, 6) is 1.33. The van der Waals surface area contributed by atoms with Crippen molar-refractivity contribution in [3.8, 4) is 0 Å². The first-order chi connectivity index (χ1) is 14.7. The monoisotopic (exact) mass is 460 g/mol. The standard InChI is InChI=1S/C22H25ClN4OS2/c23-17-10-8-16(9-11-17)14-24-21(28)15-30-22-26-25-20(13-19-7-4-12-29-19)27(22)18-5-2-1-3-6-18/h4,7-12,18H,1-3,5-6,13-15H2,(H,24,28). The Morgan fingerprint density at radius 3 is 2.70 bits per heavy atom. The molecule has 4 rings (SSSR count). The summed E-state index contributed by atoms with van der Waals surface area (Å²) < 4.78 is 2.30. The lowest BCUT2D eigenvalue weighted by atomic mass is 9.95. The predicted molar refractivity (Wildman–Crippen MR) is 123 cm³/mol. The smallest absolute Gasteiger partial charge is 0.230 e. The summed E-state index contributed by atoms with van der Waals surface area (Å²) in [6.07, 6.45) is 6.90. The van der Waals surface area contributed by atoms with Crippen LogP contribution in [0.3, 0.4) is 0 Å². The molecule has 2 aromatic heterocycles. The summed E-state index contributed by atoms with van der Waals surface area (Å²) >= 11 is 9.14. The molecule has 2 heterocycles. The highest BCUT2D eigenvalue weighted by atomic mass is 35.5. The van der Waals surface area contributed by atoms with Gasteiger partial charge in [-0.3, -0.25) is 4.79 Å². The van der Waals surface area contributed by atoms with Gasteiger partial charge in [-0.2, -0.15) is 0 Å². The lowest BCUT2D eigenvalue weighted by Gasteiger charge is -2.25. The Kier molecular flexibility index (Phi) is 7.47. The minimum atomic E-state index is -0.00653. The van der Waals surface area contributed by atoms with Gasteiger partial charge in [0.1, 0.15) is 5.82 Å². The van der Waals surface area contributed by atoms with Crippen LogP contribution in [0.15, 0.2) is 46.9 Å². The van der Waals surface area contributed by atoms with Crippen molar-refractivity contribution in [2.75, 3.05) is 5.75 Å². The Hall–Kier alpha value is -1.83. The van der Waals surface area contributed by atoms with Gasteiger partial charge in [-0.25, -0.2) is 0 Å². The van der Waals surface area contributed by atoms with Crippen molar-refractivity contribution < 1.29 is 4.79 Å². The van der Waals surface area contributed by atoms with Gasteiger partial charge in [0.2, 0.25) is 5.91 Å². The predicted octanol–water partition coefficient (Wildman–Crippen LogP) is 5.50. The van der Waals surface area contributed by atoms with Crippen LogP contribution in [0.5, 0.6) is 0 Å². The molecule has 1 saturated carbocycles. The second kappa shape index (κ2) is 10.5. The van der Waals surface area contributed by atoms with Crippen LogP contribution >= 0.6 is 34.7 Å². The van der Waals surface area contributed by atoms with Gasteiger partial charge < -0.3 is 9.88 Å². The first-order valence-corrected chi connectivity index (χ1v) is 12.5. The number of carbonyl (C=O) groups excluding carboxylic acids is 1. The number of nitrogens with zero attached hydrogens (tertiary/aromatic N) is 3. The van der Waals surface area contributed by atoms with E-state index in [0.29, 0.717) is 23.4 Å². The summed E-state index contributed by atoms with van der Waals surface area (Å²) in [5.41, 5.74) is 1.03. The molecule has 0 bridgehead atoms. The summed E-state index contributed by atoms with van der Waals surface area (Å²) in [6, 6.07) is 12.2. The number of carbonyl (C=O) groups is 1. The first-order valence-electron chi connectivity index (χ1n) is 10.3. The molecule has 0 atom stereocenters. The molecule has 5 nitrogen and oxygen atoms in total. The van der Waals surface area contributed by atoms with Crippen LogP contribution < -0.4 is 5.32 Å². The maximum absolute atomic E-state index is 12.4. The van der Waals surface area contributed by atoms with Gasteiger partial charge in [0.05, 0.1) is 5.75 Å². The van der Waals surface area contributed by atoms with Gasteiger partial charge in [-0.15, -0.1) is 21.5 Å². The second-order valence-electron chi connectivity index (χ2n) is 7.51. The van der Waals surface area contributed by atoms with Gasteiger partial charge in [-0.05, 0) is 42.0 Å². The van der Waals surface area contributed by atoms with Crippen molar-refractivity contribution in [1.29, 1.82) is 0 Å². The fourth-order valence-electron chi connectivity index (χ4n) is 3.79. The Bertz CT molecular complexity index is 950. The normalized spacial score (nSPS) is 14.7. The summed E-state index contributed by atoms with van der Waals surface area (Å²) in [5, 5.41) is 15.6. The minimum Gasteiger partial charge on any atom is -0.351 e. The molecule has 3 aromatic rings. The van der Waals surface area contributed by atoms with E-state index in [9.17, 15) is 4.79 Å². The molecule has 1 fully saturated rings. The van der Waals surface area contributed by atoms with E-state index >= 15 is 0 Å². The SMILES string of the molecule is O=C(CSc1nnc(Cc2cccs2)n1C1CCCCC1)NCc1ccc(Cl)cc1. The molecule has 158 valence electrons. The topological polar surface area (TPSA) is 59.8 Å². The average molecular weight is 461 g/mol. The molecule has 1 amide bonds. The van der Waals surface area contributed by atoms with Crippen molar-refractivity contribution in [1.82, 2.24) is 20.1 Å². The van der Waals surface area contributed by atoms with E-state index in [1.807, 2.05) is 24.3 Å². The van der Waals surface area contributed by atoms with E-state index in [1.54, 1.807) is 11.3 Å². The summed E-state index contributed by atoms with van der Waals surface area (Å²) in [7, 11) is 0. The largest absolute Gasteiger partial charge is 0.351 e. The molecule has 30 heavy (non-hydrogen) atoms. The maximum atomic E-state index is 12.4. The molecule has 0 unspecified atom stereocenters. The van der Waals surface area contributed by atoms with Crippen LogP contribution in [-0.4, -0.2) is 26.4 Å². The number of halogens is 1. The number of thiophene rings is 1. The molecule has 0 aliphatic heterocycles. The highest BCUT2D eigenvalue weighted by molar-refractivity contribution is 7.99. The third-order valence-corrected chi connectivity index (χ3v) is 7.39. The van der Waals surface area contributed by atoms with E-state index in [4.69, 9.17) is 11.6 Å². The van der Waals surface area contributed by atoms with Crippen LogP contribution in [-0.2, 0) is 17.8 Å². The van der Waals surface area contributed by atoms with Crippen LogP contribution in [0, 0.1) is 0 Å². The minimum absolute atomic E-state index is 0.00653. The molecule has 0 spiro atoms. The Morgan fingerprint density at radius 1 is 1.17 bits per heavy atom. The van der Waals surface area contributed by atoms with Gasteiger partial charge >= 0.3 is 0 Å². The Morgan fingerprint density at radius 2 is 1.97 bits per heavy atom. The zero-order valence-electron chi connectivity index (χ0n) is 16.7. The number of aromatic nitrogens is 3. The lowest BCUT2D eigenvalue weighted by molar-refractivity contribution is -0.118. The van der Waals surface area contributed by atoms with Gasteiger partial charge in [0.15, 0.2) is 5.16 Å². The van der Waals surface area contributed by atoms with E-state index in [0.717, 1.165) is 35.8 Å². The molecular formula is C22H25ClN4OS2. The van der Waals surface area contributed by atoms with Gasteiger partial charge in [0, 0.05) is 28.9 Å². The second-order valence-corrected chi connectivity index (χ2v) is 9.92. The van der Waals surface area contributed by atoms with E-state index in [2.05, 4.69) is 37.6 Å². The van der Waals surface area contributed by atoms with Crippen molar-refractivity contribution >= 4 is 40.6 Å². The van der Waals surface area contributed by atoms with Crippen LogP contribution in [0.1, 0.15) is 54.4 Å². The van der Waals surface area contributed by atoms with E-state index in [-0.39, 0.29) is 5.91 Å². The number of thioether (sulfide) groups is 1. The number of nitrogens with one attached hydrogen (secondary N) is 1. The molecule has 1 aliphatic carbocycles. The third kappa shape index (κ3) is 5.65. The maximum Gasteiger partial charge on any atom is 0.230 e. The molecule has 1 aromatic carbocycles. The number of amides is 1. The van der Waals surface area contributed by atoms with Crippen LogP contribution in [0.4, 0.5) is 0 Å². The summed E-state index contributed by atoms with van der Waals surface area (Å²) in [4.78, 5) is 13.7. The molecule has 8 heteroatoms. The number of hydrogen-bond acceptors (Lipinski definition) is 5. The summed E-state index contributed by atoms with van der Waals surface area (Å²) in [6.45, 7) is 0.496. The van der Waals surface area contributed by atoms with E-state index < -0.39 is 0 Å². The average Bonchev–Trinajstić information content (AvgIpc) is 3.43. The zero-order valence-corrected chi connectivity index (χ0v) is 19.1. The van der Waals surface area contributed by atoms with Crippen molar-refractivity contribution in [2.45, 2.75) is 56.3 Å². The highest BCUT2D eigenvalue weighted by Gasteiger charge is 2.23. The van der Waals surface area contributed by atoms with Gasteiger partial charge in [0.25, 0.3) is 0 Å². The first kappa shape index (κ1) is 21.4. The van der Waals surface area contributed by atoms with Crippen molar-refractivity contribution in [2.24, 2.45) is 0 Å². The number of hydrogen-bond donors (Lipinski definition) is 1. The Balaban J connectivity index is 1.40. The molecular weight excluding hydrogens is 436 g/mol. The molecule has 1 N–H and O–H groups in total. The van der Waals surface area contributed by atoms with Crippen LogP contribution in [0.2, 0.25) is 5.02 Å². The number of benzene rings is 1. The molecule has 0 radical (unpaired) electrons. The van der Waals surface area contributed by atoms with Gasteiger partial charge in [-0.1, -0.05) is 60.8 Å². The fraction of sp³-hybridized carbons (Fsp3) is 0.409. The fourth-order valence-corrected chi connectivity index (χ4v) is 5.47.